The van der Waals surface area contributed by atoms with Gasteiger partial charge in [-0.25, -0.2) is 4.59 Å². The molecule has 3 aliphatic carbocycles. The maximum Gasteiger partial charge on any atom is 0.308 e. The average Bonchev–Trinajstić information content (AvgIpc) is 3.85. The molecule has 3 aromatic rings. The van der Waals surface area contributed by atoms with E-state index in [0.717, 1.165) is 73.4 Å². The summed E-state index contributed by atoms with van der Waals surface area (Å²) < 4.78 is 13.4. The molecule has 5 aliphatic rings. The summed E-state index contributed by atoms with van der Waals surface area (Å²) in [5, 5.41) is 11.5. The Morgan fingerprint density at radius 3 is 2.48 bits per heavy atom. The number of ether oxygens (including phenoxy) is 2. The number of phenolic OH excluding ortho intramolecular Hbond substituents is 1. The van der Waals surface area contributed by atoms with E-state index in [1.165, 1.54) is 75.1 Å². The molecule has 1 spiro atoms. The van der Waals surface area contributed by atoms with Crippen LogP contribution in [0, 0.1) is 17.8 Å². The van der Waals surface area contributed by atoms with Crippen LogP contribution in [0.3, 0.4) is 0 Å². The first-order chi connectivity index (χ1) is 23.4. The van der Waals surface area contributed by atoms with Gasteiger partial charge >= 0.3 is 5.97 Å². The van der Waals surface area contributed by atoms with Gasteiger partial charge in [0.05, 0.1) is 18.5 Å². The summed E-state index contributed by atoms with van der Waals surface area (Å²) in [6.45, 7) is 4.75. The number of unbranched alkanes of at least 4 members (excludes halogenated alkanes) is 1. The maximum absolute atomic E-state index is 12.0. The number of hydrogen-bond acceptors (Lipinski definition) is 5. The molecular formula is C42H53N2O4+. The highest BCUT2D eigenvalue weighted by molar-refractivity contribution is 5.73. The Labute approximate surface area is 286 Å². The molecular weight excluding hydrogens is 596 g/mol. The van der Waals surface area contributed by atoms with Crippen molar-refractivity contribution in [3.8, 4) is 17.2 Å². The van der Waals surface area contributed by atoms with Gasteiger partial charge in [0.2, 0.25) is 0 Å². The van der Waals surface area contributed by atoms with Gasteiger partial charge in [0, 0.05) is 55.3 Å². The first-order valence-electron chi connectivity index (χ1n) is 18.9. The van der Waals surface area contributed by atoms with Crippen LogP contribution in [0.2, 0.25) is 0 Å². The summed E-state index contributed by atoms with van der Waals surface area (Å²) in [4.78, 5) is 12.0. The Morgan fingerprint density at radius 1 is 1.00 bits per heavy atom. The Morgan fingerprint density at radius 2 is 1.75 bits per heavy atom. The highest BCUT2D eigenvalue weighted by Gasteiger charge is 2.69. The normalized spacial score (nSPS) is 28.7. The van der Waals surface area contributed by atoms with E-state index in [-0.39, 0.29) is 23.2 Å². The summed E-state index contributed by atoms with van der Waals surface area (Å²) in [7, 11) is 0. The minimum atomic E-state index is -0.373. The maximum atomic E-state index is 12.0. The Kier molecular flexibility index (Phi) is 8.75. The highest BCUT2D eigenvalue weighted by atomic mass is 16.6. The van der Waals surface area contributed by atoms with Gasteiger partial charge < -0.3 is 14.6 Å². The molecule has 2 heterocycles. The number of nitrogens with one attached hydrogen (secondary N) is 1. The number of rotatable bonds is 14. The molecule has 2 unspecified atom stereocenters. The van der Waals surface area contributed by atoms with E-state index in [4.69, 9.17) is 9.47 Å². The number of nitrogens with zero attached hydrogens (tertiary/aromatic N) is 1. The van der Waals surface area contributed by atoms with Crippen LogP contribution < -0.4 is 14.9 Å². The summed E-state index contributed by atoms with van der Waals surface area (Å²) in [5.41, 5.74) is 9.35. The SMILES string of the molecule is CC(=O)Oc1cc(O)c2c3c1O[C@H]1CCC[C@H]4[C@@H](C2)[N+](CC2CC2)(NCC(CCCCc2ccccc2)CCc2ccccc2)CC[C@]314. The van der Waals surface area contributed by atoms with Gasteiger partial charge in [-0.15, -0.1) is 0 Å². The minimum Gasteiger partial charge on any atom is -0.508 e. The van der Waals surface area contributed by atoms with Crippen LogP contribution in [0.4, 0.5) is 0 Å². The third-order valence-corrected chi connectivity index (χ3v) is 12.8. The third-order valence-electron chi connectivity index (χ3n) is 12.8. The first kappa shape index (κ1) is 31.9. The fourth-order valence-corrected chi connectivity index (χ4v) is 10.4. The van der Waals surface area contributed by atoms with Crippen molar-refractivity contribution in [3.05, 3.63) is 89.0 Å². The minimum absolute atomic E-state index is 0.0928. The summed E-state index contributed by atoms with van der Waals surface area (Å²) in [6.07, 6.45) is 15.3. The van der Waals surface area contributed by atoms with Crippen molar-refractivity contribution >= 4 is 5.97 Å². The molecule has 3 fully saturated rings. The lowest BCUT2D eigenvalue weighted by Crippen LogP contribution is -2.76. The second kappa shape index (κ2) is 13.2. The quantitative estimate of drug-likeness (QED) is 0.0807. The van der Waals surface area contributed by atoms with Crippen LogP contribution >= 0.6 is 0 Å². The molecule has 2 bridgehead atoms. The lowest BCUT2D eigenvalue weighted by molar-refractivity contribution is -1.00. The molecule has 2 saturated carbocycles. The zero-order chi connectivity index (χ0) is 32.7. The number of phenols is 1. The number of quaternary nitrogens is 1. The number of hydrogen-bond donors (Lipinski definition) is 2. The molecule has 0 amide bonds. The molecule has 8 rings (SSSR count). The van der Waals surface area contributed by atoms with Crippen molar-refractivity contribution < 1.29 is 24.0 Å². The zero-order valence-corrected chi connectivity index (χ0v) is 28.7. The fraction of sp³-hybridized carbons (Fsp3) is 0.548. The van der Waals surface area contributed by atoms with E-state index in [0.29, 0.717) is 23.6 Å². The van der Waals surface area contributed by atoms with Crippen molar-refractivity contribution in [2.45, 2.75) is 108 Å². The van der Waals surface area contributed by atoms with Crippen molar-refractivity contribution in [2.75, 3.05) is 19.6 Å². The number of aromatic hydroxyl groups is 1. The lowest BCUT2D eigenvalue weighted by atomic mass is 9.51. The first-order valence-corrected chi connectivity index (χ1v) is 18.9. The van der Waals surface area contributed by atoms with E-state index in [1.54, 1.807) is 6.07 Å². The molecule has 6 nitrogen and oxygen atoms in total. The molecule has 3 aromatic carbocycles. The van der Waals surface area contributed by atoms with E-state index < -0.39 is 0 Å². The van der Waals surface area contributed by atoms with E-state index in [1.807, 2.05) is 0 Å². The predicted molar refractivity (Wildman–Crippen MR) is 188 cm³/mol. The van der Waals surface area contributed by atoms with Crippen molar-refractivity contribution in [2.24, 2.45) is 17.8 Å². The van der Waals surface area contributed by atoms with Crippen LogP contribution in [0.25, 0.3) is 0 Å². The van der Waals surface area contributed by atoms with Gasteiger partial charge in [-0.2, -0.15) is 5.43 Å². The van der Waals surface area contributed by atoms with Crippen LogP contribution in [0.5, 0.6) is 17.2 Å². The molecule has 6 heteroatoms. The largest absolute Gasteiger partial charge is 0.508 e. The number of carbonyl (C=O) groups is 1. The van der Waals surface area contributed by atoms with Crippen molar-refractivity contribution in [1.82, 2.24) is 5.43 Å². The number of likely N-dealkylation sites (tertiary alicyclic amines) is 1. The number of piperidine rings is 1. The second-order valence-electron chi connectivity index (χ2n) is 15.7. The van der Waals surface area contributed by atoms with Gasteiger partial charge in [0.1, 0.15) is 17.9 Å². The van der Waals surface area contributed by atoms with E-state index in [2.05, 4.69) is 66.1 Å². The summed E-state index contributed by atoms with van der Waals surface area (Å²) in [5.74, 6) is 2.93. The van der Waals surface area contributed by atoms with Gasteiger partial charge in [-0.05, 0) is 81.3 Å². The zero-order valence-electron chi connectivity index (χ0n) is 28.7. The molecule has 2 aliphatic heterocycles. The topological polar surface area (TPSA) is 67.8 Å². The molecule has 0 radical (unpaired) electrons. The number of aryl methyl sites for hydroxylation is 2. The molecule has 6 atom stereocenters. The molecule has 1 saturated heterocycles. The number of esters is 1. The van der Waals surface area contributed by atoms with E-state index >= 15 is 0 Å². The average molecular weight is 650 g/mol. The Bertz CT molecular complexity index is 1610. The molecule has 48 heavy (non-hydrogen) atoms. The molecule has 254 valence electrons. The molecule has 2 N–H and O–H groups in total. The monoisotopic (exact) mass is 649 g/mol. The Hall–Kier alpha value is -3.35. The molecule has 0 aromatic heterocycles. The number of benzene rings is 3. The van der Waals surface area contributed by atoms with Crippen molar-refractivity contribution in [3.63, 3.8) is 0 Å². The second-order valence-corrected chi connectivity index (χ2v) is 15.7. The standard InChI is InChI=1S/C42H52N2O4/c1-29(45)47-38-26-37(46)34-25-36-35-17-10-18-39-42(35,40(34)41(38)48-39)23-24-44(36,28-33-21-22-33)43-27-32(20-19-31-13-6-3-7-14-31)16-9-8-15-30-11-4-2-5-12-30/h2-7,11-14,26,32-33,35-36,39,43H,8-10,15-25,27-28H2,1H3/p+1/t32?,35-,36+,39-,42+,44?/m0/s1. The third kappa shape index (κ3) is 5.94. The van der Waals surface area contributed by atoms with E-state index in [9.17, 15) is 9.90 Å². The Balaban J connectivity index is 1.06. The van der Waals surface area contributed by atoms with Gasteiger partial charge in [-0.1, -0.05) is 67.1 Å². The van der Waals surface area contributed by atoms with Crippen LogP contribution in [0.1, 0.15) is 93.4 Å². The van der Waals surface area contributed by atoms with Gasteiger partial charge in [-0.3, -0.25) is 4.79 Å². The van der Waals surface area contributed by atoms with Gasteiger partial charge in [0.15, 0.2) is 11.5 Å². The van der Waals surface area contributed by atoms with Crippen LogP contribution in [-0.4, -0.2) is 47.4 Å². The highest BCUT2D eigenvalue weighted by Crippen LogP contribution is 2.66. The smallest absolute Gasteiger partial charge is 0.308 e. The van der Waals surface area contributed by atoms with Crippen LogP contribution in [0.15, 0.2) is 66.7 Å². The fourth-order valence-electron chi connectivity index (χ4n) is 10.4. The number of carbonyl (C=O) groups excluding carboxylic acids is 1. The summed E-state index contributed by atoms with van der Waals surface area (Å²) in [6, 6.07) is 24.0. The summed E-state index contributed by atoms with van der Waals surface area (Å²) >= 11 is 0. The predicted octanol–water partition coefficient (Wildman–Crippen LogP) is 7.84. The van der Waals surface area contributed by atoms with Crippen molar-refractivity contribution in [1.29, 1.82) is 0 Å². The van der Waals surface area contributed by atoms with Crippen LogP contribution in [-0.2, 0) is 29.5 Å². The lowest BCUT2D eigenvalue weighted by Gasteiger charge is -2.61. The van der Waals surface area contributed by atoms with Gasteiger partial charge in [0.25, 0.3) is 0 Å².